The Kier molecular flexibility index (Phi) is 13.2. The molecule has 9 rings (SSSR count). The second kappa shape index (κ2) is 19.8. The zero-order chi connectivity index (χ0) is 44.4. The number of nitrogens with two attached hydrogens (primary N) is 1. The van der Waals surface area contributed by atoms with Gasteiger partial charge >= 0.3 is 6.03 Å². The summed E-state index contributed by atoms with van der Waals surface area (Å²) < 4.78 is 23.8. The summed E-state index contributed by atoms with van der Waals surface area (Å²) >= 11 is 12.4. The highest BCUT2D eigenvalue weighted by molar-refractivity contribution is 6.34. The molecule has 2 heterocycles. The molecule has 0 radical (unpaired) electrons. The van der Waals surface area contributed by atoms with Crippen LogP contribution in [0.1, 0.15) is 35.1 Å². The van der Waals surface area contributed by atoms with E-state index in [1.54, 1.807) is 85.2 Å². The molecular weight excluding hydrogens is 849 g/mol. The van der Waals surface area contributed by atoms with Crippen LogP contribution in [0.15, 0.2) is 146 Å². The fraction of sp³-hybridized carbons (Fsp3) is 0.100. The quantitative estimate of drug-likeness (QED) is 0.100. The number of hydrogen-bond acceptors (Lipinski definition) is 10. The fourth-order valence-corrected chi connectivity index (χ4v) is 6.80. The van der Waals surface area contributed by atoms with Crippen molar-refractivity contribution < 1.29 is 23.7 Å². The van der Waals surface area contributed by atoms with E-state index in [2.05, 4.69) is 32.7 Å². The van der Waals surface area contributed by atoms with Crippen molar-refractivity contribution in [2.45, 2.75) is 32.1 Å². The van der Waals surface area contributed by atoms with Crippen molar-refractivity contribution in [2.24, 2.45) is 0 Å². The normalized spacial score (nSPS) is 11.6. The predicted molar refractivity (Wildman–Crippen MR) is 247 cm³/mol. The second-order valence-electron chi connectivity index (χ2n) is 14.5. The third-order valence-corrected chi connectivity index (χ3v) is 10.5. The summed E-state index contributed by atoms with van der Waals surface area (Å²) in [5, 5.41) is 27.0. The number of nitrogens with one attached hydrogen (secondary N) is 2. The number of aromatic nitrogens is 2. The highest BCUT2D eigenvalue weighted by Gasteiger charge is 2.23. The van der Waals surface area contributed by atoms with Crippen LogP contribution in [-0.2, 0) is 13.2 Å². The van der Waals surface area contributed by atoms with E-state index in [9.17, 15) is 15.3 Å². The molecule has 316 valence electrons. The maximum Gasteiger partial charge on any atom is 0.319 e. The summed E-state index contributed by atoms with van der Waals surface area (Å²) in [5.74, 6) is 3.03. The maximum atomic E-state index is 12.0. The number of pyridine rings is 2. The molecule has 0 bridgehead atoms. The van der Waals surface area contributed by atoms with Crippen molar-refractivity contribution in [3.05, 3.63) is 178 Å². The second-order valence-corrected chi connectivity index (χ2v) is 15.3. The average molecular weight is 887 g/mol. The van der Waals surface area contributed by atoms with Gasteiger partial charge < -0.3 is 35.3 Å². The lowest BCUT2D eigenvalue weighted by molar-refractivity contribution is 0.251. The van der Waals surface area contributed by atoms with Crippen LogP contribution in [0.3, 0.4) is 0 Å². The summed E-state index contributed by atoms with van der Waals surface area (Å²) in [6.07, 6.45) is 5.28. The largest absolute Gasteiger partial charge is 0.487 e. The number of urea groups is 1. The van der Waals surface area contributed by atoms with E-state index in [1.165, 1.54) is 0 Å². The van der Waals surface area contributed by atoms with Crippen molar-refractivity contribution in [3.63, 3.8) is 0 Å². The van der Waals surface area contributed by atoms with Crippen molar-refractivity contribution in [1.82, 2.24) is 15.3 Å². The molecule has 0 spiro atoms. The first-order valence-corrected chi connectivity index (χ1v) is 20.8. The average Bonchev–Trinajstić information content (AvgIpc) is 4.14. The Morgan fingerprint density at radius 2 is 1.14 bits per heavy atom. The topological polar surface area (TPSA) is 177 Å². The highest BCUT2D eigenvalue weighted by atomic mass is 35.5. The number of nitrogens with zero attached hydrogens (tertiary/aromatic N) is 4. The number of ether oxygens (including phenoxy) is 4. The number of hydrogen-bond donors (Lipinski definition) is 3. The molecule has 0 atom stereocenters. The van der Waals surface area contributed by atoms with Crippen LogP contribution in [-0.4, -0.2) is 22.0 Å². The molecule has 6 aromatic carbocycles. The number of nitrogen functional groups attached to an aromatic ring is 1. The lowest BCUT2D eigenvalue weighted by atomic mass is 10.1. The number of rotatable bonds is 12. The minimum absolute atomic E-state index is 0.249. The zero-order valence-electron chi connectivity index (χ0n) is 33.9. The number of carbonyl (C=O) groups excluding carboxylic acids is 1. The first-order valence-electron chi connectivity index (χ1n) is 20.0. The zero-order valence-corrected chi connectivity index (χ0v) is 35.4. The number of amides is 2. The standard InChI is InChI=1S/C27H21ClN4O3.C23H16ClN3O2/c28-22-13-20(8-9-23(22)32-27(33)31-19-6-7-19)35-25-10-11-30-24-14-26(18(15-29)12-21(24)25)34-16-17-4-2-1-3-5-17;24-19-11-17(6-7-20(19)26)29-22-8-9-27-21-12-23(16(13-25)10-18(21)22)28-14-15-4-2-1-3-5-15/h1-5,8-14,19H,6-7,16H2,(H2,31,32,33);1-12H,14,26H2. The molecule has 14 heteroatoms. The minimum atomic E-state index is -0.280. The van der Waals surface area contributed by atoms with Gasteiger partial charge in [0, 0.05) is 53.5 Å². The van der Waals surface area contributed by atoms with Gasteiger partial charge in [0.05, 0.1) is 43.6 Å². The van der Waals surface area contributed by atoms with Crippen LogP contribution in [0, 0.1) is 22.7 Å². The van der Waals surface area contributed by atoms with E-state index < -0.39 is 0 Å². The molecule has 1 aliphatic carbocycles. The molecule has 4 N–H and O–H groups in total. The molecule has 0 saturated heterocycles. The Morgan fingerprint density at radius 3 is 1.61 bits per heavy atom. The Morgan fingerprint density at radius 1 is 0.641 bits per heavy atom. The monoisotopic (exact) mass is 885 g/mol. The summed E-state index contributed by atoms with van der Waals surface area (Å²) in [5.41, 5.74) is 10.8. The number of benzene rings is 6. The first kappa shape index (κ1) is 42.7. The Bertz CT molecular complexity index is 3070. The van der Waals surface area contributed by atoms with E-state index in [0.717, 1.165) is 24.0 Å². The molecule has 2 aromatic heterocycles. The Labute approximate surface area is 378 Å². The highest BCUT2D eigenvalue weighted by Crippen LogP contribution is 2.37. The van der Waals surface area contributed by atoms with Crippen molar-refractivity contribution in [2.75, 3.05) is 11.1 Å². The molecule has 0 unspecified atom stereocenters. The molecule has 1 saturated carbocycles. The molecule has 2 amide bonds. The smallest absolute Gasteiger partial charge is 0.319 e. The van der Waals surface area contributed by atoms with Crippen LogP contribution in [0.25, 0.3) is 21.8 Å². The fourth-order valence-electron chi connectivity index (χ4n) is 6.42. The van der Waals surface area contributed by atoms with Crippen molar-refractivity contribution >= 4 is 62.4 Å². The predicted octanol–water partition coefficient (Wildman–Crippen LogP) is 12.1. The first-order chi connectivity index (χ1) is 31.2. The maximum absolute atomic E-state index is 12.0. The van der Waals surface area contributed by atoms with E-state index in [0.29, 0.717) is 102 Å². The number of nitriles is 2. The molecule has 1 aliphatic rings. The van der Waals surface area contributed by atoms with Gasteiger partial charge in [-0.05, 0) is 72.5 Å². The van der Waals surface area contributed by atoms with Gasteiger partial charge in [-0.15, -0.1) is 0 Å². The molecular formula is C50H37Cl2N7O5. The van der Waals surface area contributed by atoms with E-state index in [-0.39, 0.29) is 12.1 Å². The minimum Gasteiger partial charge on any atom is -0.487 e. The van der Waals surface area contributed by atoms with Gasteiger partial charge in [-0.25, -0.2) is 4.79 Å². The van der Waals surface area contributed by atoms with Crippen LogP contribution in [0.4, 0.5) is 16.2 Å². The van der Waals surface area contributed by atoms with Gasteiger partial charge in [-0.3, -0.25) is 9.97 Å². The summed E-state index contributed by atoms with van der Waals surface area (Å²) in [7, 11) is 0. The third kappa shape index (κ3) is 10.7. The van der Waals surface area contributed by atoms with Gasteiger partial charge in [0.25, 0.3) is 0 Å². The van der Waals surface area contributed by atoms with E-state index in [4.69, 9.17) is 47.9 Å². The SMILES string of the molecule is N#Cc1cc2c(Oc3ccc(N)c(Cl)c3)ccnc2cc1OCc1ccccc1.N#Cc1cc2c(Oc3ccc(NC(=O)NC4CC4)c(Cl)c3)ccnc2cc1OCc1ccccc1. The van der Waals surface area contributed by atoms with E-state index in [1.807, 2.05) is 60.7 Å². The number of carbonyl (C=O) groups is 1. The van der Waals surface area contributed by atoms with Gasteiger partial charge in [-0.2, -0.15) is 10.5 Å². The van der Waals surface area contributed by atoms with Gasteiger partial charge in [0.1, 0.15) is 59.8 Å². The molecule has 0 aliphatic heterocycles. The lowest BCUT2D eigenvalue weighted by Gasteiger charge is -2.13. The number of fused-ring (bicyclic) bond motifs is 2. The summed E-state index contributed by atoms with van der Waals surface area (Å²) in [4.78, 5) is 20.8. The summed E-state index contributed by atoms with van der Waals surface area (Å²) in [6, 6.07) is 44.3. The van der Waals surface area contributed by atoms with Crippen LogP contribution >= 0.6 is 23.2 Å². The molecule has 12 nitrogen and oxygen atoms in total. The van der Waals surface area contributed by atoms with Crippen LogP contribution in [0.5, 0.6) is 34.5 Å². The van der Waals surface area contributed by atoms with Gasteiger partial charge in [0.2, 0.25) is 0 Å². The molecule has 1 fully saturated rings. The molecule has 64 heavy (non-hydrogen) atoms. The van der Waals surface area contributed by atoms with Gasteiger partial charge in [-0.1, -0.05) is 83.9 Å². The Balaban J connectivity index is 0.000000178. The molecule has 8 aromatic rings. The number of halogens is 2. The third-order valence-electron chi connectivity index (χ3n) is 9.85. The van der Waals surface area contributed by atoms with Crippen molar-refractivity contribution in [1.29, 1.82) is 10.5 Å². The van der Waals surface area contributed by atoms with Gasteiger partial charge in [0.15, 0.2) is 0 Å². The van der Waals surface area contributed by atoms with Crippen LogP contribution < -0.4 is 35.3 Å². The number of anilines is 2. The van der Waals surface area contributed by atoms with E-state index >= 15 is 0 Å². The lowest BCUT2D eigenvalue weighted by Crippen LogP contribution is -2.30. The summed E-state index contributed by atoms with van der Waals surface area (Å²) in [6.45, 7) is 0.704. The Hall–Kier alpha value is -8.03. The van der Waals surface area contributed by atoms with Crippen molar-refractivity contribution in [3.8, 4) is 46.6 Å². The van der Waals surface area contributed by atoms with Crippen LogP contribution in [0.2, 0.25) is 10.0 Å².